The second-order valence-electron chi connectivity index (χ2n) is 3.27. The van der Waals surface area contributed by atoms with Crippen molar-refractivity contribution in [1.29, 1.82) is 0 Å². The van der Waals surface area contributed by atoms with Crippen LogP contribution in [0.15, 0.2) is 18.2 Å². The van der Waals surface area contributed by atoms with Crippen molar-refractivity contribution in [2.45, 2.75) is 13.0 Å². The average Bonchev–Trinajstić information content (AvgIpc) is 2.51. The smallest absolute Gasteiger partial charge is 0.407 e. The summed E-state index contributed by atoms with van der Waals surface area (Å²) in [4.78, 5) is 10.9. The Bertz CT molecular complexity index is 361. The van der Waals surface area contributed by atoms with Crippen LogP contribution in [0.2, 0.25) is 5.02 Å². The number of nitrogens with one attached hydrogen (secondary N) is 1. The SMILES string of the molecule is Cc1cccc(Cl)c1[C@@H]1COC(=O)N1.Cl. The van der Waals surface area contributed by atoms with Crippen LogP contribution in [0.5, 0.6) is 0 Å². The molecule has 0 aliphatic carbocycles. The minimum atomic E-state index is -0.380. The van der Waals surface area contributed by atoms with Gasteiger partial charge in [0.1, 0.15) is 6.61 Å². The monoisotopic (exact) mass is 247 g/mol. The summed E-state index contributed by atoms with van der Waals surface area (Å²) in [5, 5.41) is 3.37. The van der Waals surface area contributed by atoms with Gasteiger partial charge in [0, 0.05) is 5.02 Å². The molecule has 2 rings (SSSR count). The van der Waals surface area contributed by atoms with Gasteiger partial charge in [0.05, 0.1) is 6.04 Å². The highest BCUT2D eigenvalue weighted by Crippen LogP contribution is 2.28. The van der Waals surface area contributed by atoms with E-state index < -0.39 is 0 Å². The summed E-state index contributed by atoms with van der Waals surface area (Å²) in [6, 6.07) is 5.55. The first-order chi connectivity index (χ1) is 6.68. The van der Waals surface area contributed by atoms with E-state index in [-0.39, 0.29) is 24.5 Å². The molecule has 1 amide bonds. The van der Waals surface area contributed by atoms with E-state index in [2.05, 4.69) is 5.32 Å². The number of alkyl carbamates (subject to hydrolysis) is 1. The molecule has 1 N–H and O–H groups in total. The molecule has 1 fully saturated rings. The average molecular weight is 248 g/mol. The Morgan fingerprint density at radius 1 is 1.53 bits per heavy atom. The lowest BCUT2D eigenvalue weighted by molar-refractivity contribution is 0.177. The summed E-state index contributed by atoms with van der Waals surface area (Å²) in [6.07, 6.45) is -0.380. The van der Waals surface area contributed by atoms with E-state index in [1.807, 2.05) is 25.1 Å². The van der Waals surface area contributed by atoms with Gasteiger partial charge < -0.3 is 10.1 Å². The molecule has 0 spiro atoms. The molecular formula is C10H11Cl2NO2. The maximum Gasteiger partial charge on any atom is 0.407 e. The number of hydrogen-bond acceptors (Lipinski definition) is 2. The topological polar surface area (TPSA) is 38.3 Å². The van der Waals surface area contributed by atoms with Crippen LogP contribution < -0.4 is 5.32 Å². The van der Waals surface area contributed by atoms with Crippen molar-refractivity contribution in [2.24, 2.45) is 0 Å². The molecule has 3 nitrogen and oxygen atoms in total. The van der Waals surface area contributed by atoms with Crippen LogP contribution >= 0.6 is 24.0 Å². The van der Waals surface area contributed by atoms with Crippen LogP contribution in [0.1, 0.15) is 17.2 Å². The first-order valence-electron chi connectivity index (χ1n) is 4.37. The number of cyclic esters (lactones) is 1. The Balaban J connectivity index is 0.00000112. The minimum Gasteiger partial charge on any atom is -0.447 e. The Hall–Kier alpha value is -0.930. The van der Waals surface area contributed by atoms with Crippen molar-refractivity contribution < 1.29 is 9.53 Å². The summed E-state index contributed by atoms with van der Waals surface area (Å²) >= 11 is 6.05. The fraction of sp³-hybridized carbons (Fsp3) is 0.300. The summed E-state index contributed by atoms with van der Waals surface area (Å²) in [6.45, 7) is 2.31. The van der Waals surface area contributed by atoms with Crippen molar-refractivity contribution >= 4 is 30.1 Å². The van der Waals surface area contributed by atoms with Gasteiger partial charge in [-0.15, -0.1) is 12.4 Å². The Morgan fingerprint density at radius 3 is 2.80 bits per heavy atom. The molecule has 1 aromatic rings. The molecule has 0 aromatic heterocycles. The summed E-state index contributed by atoms with van der Waals surface area (Å²) < 4.78 is 4.82. The first kappa shape index (κ1) is 12.1. The van der Waals surface area contributed by atoms with E-state index in [9.17, 15) is 4.79 Å². The molecule has 5 heteroatoms. The molecule has 1 saturated heterocycles. The zero-order valence-corrected chi connectivity index (χ0v) is 9.69. The molecule has 0 unspecified atom stereocenters. The number of rotatable bonds is 1. The van der Waals surface area contributed by atoms with Crippen LogP contribution in [0.3, 0.4) is 0 Å². The molecule has 82 valence electrons. The maximum absolute atomic E-state index is 10.9. The summed E-state index contributed by atoms with van der Waals surface area (Å²) in [5.41, 5.74) is 2.01. The second kappa shape index (κ2) is 4.73. The van der Waals surface area contributed by atoms with Crippen LogP contribution in [-0.4, -0.2) is 12.7 Å². The van der Waals surface area contributed by atoms with Crippen molar-refractivity contribution in [3.8, 4) is 0 Å². The standard InChI is InChI=1S/C10H10ClNO2.ClH/c1-6-3-2-4-7(11)9(6)8-5-14-10(13)12-8;/h2-4,8H,5H2,1H3,(H,12,13);1H/t8-;/m0./s1. The van der Waals surface area contributed by atoms with E-state index in [0.717, 1.165) is 11.1 Å². The van der Waals surface area contributed by atoms with E-state index in [1.54, 1.807) is 0 Å². The van der Waals surface area contributed by atoms with Crippen LogP contribution in [0.4, 0.5) is 4.79 Å². The van der Waals surface area contributed by atoms with Crippen LogP contribution in [-0.2, 0) is 4.74 Å². The van der Waals surface area contributed by atoms with Gasteiger partial charge in [0.25, 0.3) is 0 Å². The molecule has 0 bridgehead atoms. The molecule has 1 aromatic carbocycles. The van der Waals surface area contributed by atoms with Gasteiger partial charge in [-0.2, -0.15) is 0 Å². The van der Waals surface area contributed by atoms with Gasteiger partial charge >= 0.3 is 6.09 Å². The zero-order chi connectivity index (χ0) is 10.1. The molecule has 0 saturated carbocycles. The van der Waals surface area contributed by atoms with E-state index in [0.29, 0.717) is 11.6 Å². The maximum atomic E-state index is 10.9. The molecular weight excluding hydrogens is 237 g/mol. The third-order valence-electron chi connectivity index (χ3n) is 2.29. The number of benzene rings is 1. The Labute approximate surface area is 99.2 Å². The number of hydrogen-bond donors (Lipinski definition) is 1. The normalized spacial score (nSPS) is 19.1. The van der Waals surface area contributed by atoms with Crippen LogP contribution in [0, 0.1) is 6.92 Å². The first-order valence-corrected chi connectivity index (χ1v) is 4.74. The highest BCUT2D eigenvalue weighted by molar-refractivity contribution is 6.31. The van der Waals surface area contributed by atoms with Gasteiger partial charge in [-0.05, 0) is 24.1 Å². The van der Waals surface area contributed by atoms with E-state index >= 15 is 0 Å². The predicted octanol–water partition coefficient (Wildman–Crippen LogP) is 2.85. The van der Waals surface area contributed by atoms with Crippen molar-refractivity contribution in [1.82, 2.24) is 5.32 Å². The largest absolute Gasteiger partial charge is 0.447 e. The lowest BCUT2D eigenvalue weighted by Crippen LogP contribution is -2.19. The number of halogens is 2. The third-order valence-corrected chi connectivity index (χ3v) is 2.62. The number of aryl methyl sites for hydroxylation is 1. The van der Waals surface area contributed by atoms with Gasteiger partial charge in [-0.3, -0.25) is 0 Å². The van der Waals surface area contributed by atoms with Crippen molar-refractivity contribution in [3.63, 3.8) is 0 Å². The molecule has 1 aliphatic rings. The van der Waals surface area contributed by atoms with Gasteiger partial charge in [0.15, 0.2) is 0 Å². The quantitative estimate of drug-likeness (QED) is 0.829. The van der Waals surface area contributed by atoms with Crippen molar-refractivity contribution in [3.05, 3.63) is 34.3 Å². The summed E-state index contributed by atoms with van der Waals surface area (Å²) in [7, 11) is 0. The number of carbonyl (C=O) groups is 1. The van der Waals surface area contributed by atoms with E-state index in [4.69, 9.17) is 16.3 Å². The Kier molecular flexibility index (Phi) is 3.83. The number of amides is 1. The molecule has 1 aliphatic heterocycles. The molecule has 1 atom stereocenters. The lowest BCUT2D eigenvalue weighted by atomic mass is 10.0. The summed E-state index contributed by atoms with van der Waals surface area (Å²) in [5.74, 6) is 0. The molecule has 0 radical (unpaired) electrons. The number of carbonyl (C=O) groups excluding carboxylic acids is 1. The van der Waals surface area contributed by atoms with Crippen LogP contribution in [0.25, 0.3) is 0 Å². The fourth-order valence-electron chi connectivity index (χ4n) is 1.63. The Morgan fingerprint density at radius 2 is 2.27 bits per heavy atom. The van der Waals surface area contributed by atoms with E-state index in [1.165, 1.54) is 0 Å². The molecule has 15 heavy (non-hydrogen) atoms. The zero-order valence-electron chi connectivity index (χ0n) is 8.12. The van der Waals surface area contributed by atoms with Gasteiger partial charge in [-0.1, -0.05) is 23.7 Å². The molecule has 1 heterocycles. The fourth-order valence-corrected chi connectivity index (χ4v) is 1.98. The number of ether oxygens (including phenoxy) is 1. The predicted molar refractivity (Wildman–Crippen MR) is 60.7 cm³/mol. The van der Waals surface area contributed by atoms with Gasteiger partial charge in [0.2, 0.25) is 0 Å². The second-order valence-corrected chi connectivity index (χ2v) is 3.67. The van der Waals surface area contributed by atoms with Crippen molar-refractivity contribution in [2.75, 3.05) is 6.61 Å². The minimum absolute atomic E-state index is 0. The third kappa shape index (κ3) is 2.36. The lowest BCUT2D eigenvalue weighted by Gasteiger charge is -2.12. The van der Waals surface area contributed by atoms with Gasteiger partial charge in [-0.25, -0.2) is 4.79 Å². The highest BCUT2D eigenvalue weighted by atomic mass is 35.5. The highest BCUT2D eigenvalue weighted by Gasteiger charge is 2.26.